The molecule has 2 aromatic carbocycles. The summed E-state index contributed by atoms with van der Waals surface area (Å²) >= 11 is 0. The van der Waals surface area contributed by atoms with Crippen molar-refractivity contribution < 1.29 is 31.9 Å². The van der Waals surface area contributed by atoms with Crippen molar-refractivity contribution in [2.24, 2.45) is 0 Å². The van der Waals surface area contributed by atoms with Crippen LogP contribution in [0.3, 0.4) is 0 Å². The Morgan fingerprint density at radius 2 is 1.76 bits per heavy atom. The Balaban J connectivity index is 1.48. The Hall–Kier alpha value is -5.07. The molecule has 0 atom stereocenters. The number of hydrogen-bond donors (Lipinski definition) is 1. The molecule has 2 amide bonds. The number of nitrogens with zero attached hydrogens (tertiary/aromatic N) is 6. The van der Waals surface area contributed by atoms with Gasteiger partial charge in [-0.25, -0.2) is 14.5 Å². The minimum Gasteiger partial charge on any atom is -0.497 e. The number of rotatable bonds is 12. The number of alkyl halides is 3. The van der Waals surface area contributed by atoms with E-state index in [2.05, 4.69) is 48.9 Å². The van der Waals surface area contributed by atoms with Crippen LogP contribution in [0.25, 0.3) is 5.69 Å². The first-order valence-electron chi connectivity index (χ1n) is 16.4. The molecule has 0 unspecified atom stereocenters. The van der Waals surface area contributed by atoms with Gasteiger partial charge in [0.2, 0.25) is 0 Å². The molecule has 0 saturated carbocycles. The van der Waals surface area contributed by atoms with Crippen molar-refractivity contribution in [1.29, 1.82) is 5.26 Å². The highest BCUT2D eigenvalue weighted by Crippen LogP contribution is 2.38. The quantitative estimate of drug-likeness (QED) is 0.146. The number of benzene rings is 2. The highest BCUT2D eigenvalue weighted by molar-refractivity contribution is 6.74. The van der Waals surface area contributed by atoms with Gasteiger partial charge in [-0.3, -0.25) is 4.90 Å². The number of anilines is 3. The zero-order chi connectivity index (χ0) is 37.1. The first-order chi connectivity index (χ1) is 24.0. The van der Waals surface area contributed by atoms with E-state index in [0.717, 1.165) is 17.4 Å². The van der Waals surface area contributed by atoms with Gasteiger partial charge in [0.1, 0.15) is 11.6 Å². The Kier molecular flexibility index (Phi) is 10.7. The molecule has 1 aliphatic heterocycles. The third kappa shape index (κ3) is 8.81. The number of halogens is 3. The lowest BCUT2D eigenvalue weighted by Crippen LogP contribution is -2.41. The number of amides is 2. The van der Waals surface area contributed by atoms with Gasteiger partial charge in [0.25, 0.3) is 0 Å². The van der Waals surface area contributed by atoms with E-state index < -0.39 is 20.4 Å². The van der Waals surface area contributed by atoms with E-state index in [-0.39, 0.29) is 28.1 Å². The van der Waals surface area contributed by atoms with Crippen LogP contribution in [0.1, 0.15) is 43.2 Å². The van der Waals surface area contributed by atoms with Gasteiger partial charge in [-0.1, -0.05) is 32.9 Å². The van der Waals surface area contributed by atoms with E-state index in [4.69, 9.17) is 14.3 Å². The molecule has 5 rings (SSSR count). The molecule has 0 bridgehead atoms. The molecular formula is C36H42F3N7O4Si. The topological polar surface area (TPSA) is 118 Å². The van der Waals surface area contributed by atoms with Crippen molar-refractivity contribution in [3.63, 3.8) is 0 Å². The van der Waals surface area contributed by atoms with Gasteiger partial charge in [0.15, 0.2) is 19.9 Å². The molecule has 1 aliphatic rings. The van der Waals surface area contributed by atoms with E-state index in [1.807, 2.05) is 36.4 Å². The monoisotopic (exact) mass is 721 g/mol. The van der Waals surface area contributed by atoms with Crippen molar-refractivity contribution in [2.75, 3.05) is 37.0 Å². The smallest absolute Gasteiger partial charge is 0.497 e. The van der Waals surface area contributed by atoms with Crippen molar-refractivity contribution in [1.82, 2.24) is 19.7 Å². The van der Waals surface area contributed by atoms with E-state index in [1.54, 1.807) is 40.8 Å². The summed E-state index contributed by atoms with van der Waals surface area (Å²) in [5, 5.41) is 17.1. The fourth-order valence-electron chi connectivity index (χ4n) is 5.38. The molecule has 270 valence electrons. The molecule has 4 aromatic rings. The number of methoxy groups -OCH3 is 1. The Bertz CT molecular complexity index is 1920. The summed E-state index contributed by atoms with van der Waals surface area (Å²) in [5.41, 5.74) is 2.76. The number of aryl methyl sites for hydroxylation is 1. The maximum Gasteiger partial charge on any atom is 0.573 e. The highest BCUT2D eigenvalue weighted by Gasteiger charge is 2.37. The zero-order valence-electron chi connectivity index (χ0n) is 29.8. The summed E-state index contributed by atoms with van der Waals surface area (Å²) < 4.78 is 57.9. The van der Waals surface area contributed by atoms with Crippen LogP contribution in [0.15, 0.2) is 60.8 Å². The predicted molar refractivity (Wildman–Crippen MR) is 190 cm³/mol. The van der Waals surface area contributed by atoms with Crippen LogP contribution in [0.4, 0.5) is 35.3 Å². The molecule has 51 heavy (non-hydrogen) atoms. The molecule has 3 heterocycles. The second-order valence-electron chi connectivity index (χ2n) is 13.8. The zero-order valence-corrected chi connectivity index (χ0v) is 30.8. The highest BCUT2D eigenvalue weighted by atomic mass is 28.4. The molecule has 0 radical (unpaired) electrons. The Labute approximate surface area is 296 Å². The van der Waals surface area contributed by atoms with Gasteiger partial charge < -0.3 is 24.1 Å². The molecule has 2 aromatic heterocycles. The first kappa shape index (κ1) is 37.2. The van der Waals surface area contributed by atoms with Crippen LogP contribution >= 0.6 is 0 Å². The van der Waals surface area contributed by atoms with Crippen LogP contribution in [-0.2, 0) is 17.4 Å². The molecule has 1 saturated heterocycles. The van der Waals surface area contributed by atoms with E-state index >= 15 is 0 Å². The summed E-state index contributed by atoms with van der Waals surface area (Å²) in [6.45, 7) is 14.2. The lowest BCUT2D eigenvalue weighted by atomic mass is 10.1. The molecule has 1 fully saturated rings. The van der Waals surface area contributed by atoms with Crippen molar-refractivity contribution in [3.8, 4) is 23.3 Å². The van der Waals surface area contributed by atoms with Crippen molar-refractivity contribution in [3.05, 3.63) is 83.2 Å². The summed E-state index contributed by atoms with van der Waals surface area (Å²) in [5.74, 6) is 0.905. The average molecular weight is 722 g/mol. The fourth-order valence-corrected chi connectivity index (χ4v) is 6.42. The number of nitrogens with one attached hydrogen (secondary N) is 1. The number of nitriles is 1. The normalized spacial score (nSPS) is 13.8. The minimum atomic E-state index is -4.99. The largest absolute Gasteiger partial charge is 0.573 e. The van der Waals surface area contributed by atoms with Gasteiger partial charge in [-0.2, -0.15) is 5.26 Å². The van der Waals surface area contributed by atoms with Gasteiger partial charge in [0.05, 0.1) is 30.1 Å². The fraction of sp³-hybridized carbons (Fsp3) is 0.389. The standard InChI is InChI=1S/C36H42F3N7O4Si/c1-24-20-30(46-16-14-32(43-46)45-18-17-44(34(45)47)23-25-8-11-27(48-5)12-9-25)28(15-19-49-51(6,7)35(2,3)4)33(41-24)42-29-13-10-26(22-40)21-31(29)50-36(37,38)39/h8-14,16,20-21H,15,17-19,23H2,1-7H3,(H,41,42). The average Bonchev–Trinajstić information content (AvgIpc) is 3.68. The van der Waals surface area contributed by atoms with Crippen molar-refractivity contribution >= 4 is 31.7 Å². The summed E-state index contributed by atoms with van der Waals surface area (Å²) in [6, 6.07) is 16.6. The molecule has 1 N–H and O–H groups in total. The number of carbonyl (C=O) groups is 1. The number of pyridine rings is 1. The minimum absolute atomic E-state index is 0.00350. The molecule has 0 aliphatic carbocycles. The van der Waals surface area contributed by atoms with Crippen LogP contribution in [0.2, 0.25) is 18.1 Å². The van der Waals surface area contributed by atoms with Crippen LogP contribution in [0, 0.1) is 18.3 Å². The molecular weight excluding hydrogens is 680 g/mol. The third-order valence-electron chi connectivity index (χ3n) is 9.17. The maximum absolute atomic E-state index is 13.5. The van der Waals surface area contributed by atoms with E-state index in [1.165, 1.54) is 12.1 Å². The third-order valence-corrected chi connectivity index (χ3v) is 13.7. The molecule has 11 nitrogen and oxygen atoms in total. The van der Waals surface area contributed by atoms with Crippen LogP contribution < -0.4 is 19.7 Å². The maximum atomic E-state index is 13.5. The Morgan fingerprint density at radius 1 is 1.04 bits per heavy atom. The number of urea groups is 1. The van der Waals surface area contributed by atoms with Crippen LogP contribution in [0.5, 0.6) is 11.5 Å². The predicted octanol–water partition coefficient (Wildman–Crippen LogP) is 8.10. The number of ether oxygens (including phenoxy) is 2. The molecule has 0 spiro atoms. The van der Waals surface area contributed by atoms with Crippen LogP contribution in [-0.4, -0.2) is 67.2 Å². The van der Waals surface area contributed by atoms with Gasteiger partial charge in [-0.05, 0) is 61.0 Å². The summed E-state index contributed by atoms with van der Waals surface area (Å²) in [7, 11) is -0.557. The molecule has 15 heteroatoms. The number of carbonyl (C=O) groups excluding carboxylic acids is 1. The van der Waals surface area contributed by atoms with Gasteiger partial charge in [0, 0.05) is 62.2 Å². The van der Waals surface area contributed by atoms with Gasteiger partial charge >= 0.3 is 12.4 Å². The lowest BCUT2D eigenvalue weighted by Gasteiger charge is -2.36. The SMILES string of the molecule is COc1ccc(CN2CCN(c3ccn(-c4cc(C)nc(Nc5ccc(C#N)cc5OC(F)(F)F)c4CCO[Si](C)(C)C(C)(C)C)n3)C2=O)cc1. The first-order valence-corrected chi connectivity index (χ1v) is 19.4. The summed E-state index contributed by atoms with van der Waals surface area (Å²) in [6.07, 6.45) is -2.90. The summed E-state index contributed by atoms with van der Waals surface area (Å²) in [4.78, 5) is 21.5. The van der Waals surface area contributed by atoms with E-state index in [0.29, 0.717) is 55.4 Å². The van der Waals surface area contributed by atoms with E-state index in [9.17, 15) is 23.2 Å². The van der Waals surface area contributed by atoms with Crippen molar-refractivity contribution in [2.45, 2.75) is 65.2 Å². The van der Waals surface area contributed by atoms with Gasteiger partial charge in [-0.15, -0.1) is 18.3 Å². The second-order valence-corrected chi connectivity index (χ2v) is 18.6. The number of hydrogen-bond acceptors (Lipinski definition) is 8. The number of aromatic nitrogens is 3. The lowest BCUT2D eigenvalue weighted by molar-refractivity contribution is -0.274. The Morgan fingerprint density at radius 3 is 2.41 bits per heavy atom. The second kappa shape index (κ2) is 14.6.